The molecule has 0 saturated heterocycles. The molecule has 152 valence electrons. The van der Waals surface area contributed by atoms with Gasteiger partial charge in [0.1, 0.15) is 5.54 Å². The predicted molar refractivity (Wildman–Crippen MR) is 123 cm³/mol. The van der Waals surface area contributed by atoms with Gasteiger partial charge in [0, 0.05) is 29.5 Å². The molecular weight excluding hydrogens is 392 g/mol. The highest BCUT2D eigenvalue weighted by atomic mass is 35.5. The molecule has 30 heavy (non-hydrogen) atoms. The van der Waals surface area contributed by atoms with Gasteiger partial charge in [-0.25, -0.2) is 0 Å². The molecule has 0 aliphatic carbocycles. The summed E-state index contributed by atoms with van der Waals surface area (Å²) in [6.07, 6.45) is 0. The van der Waals surface area contributed by atoms with Crippen LogP contribution in [0.1, 0.15) is 34.7 Å². The number of nitrogens with zero attached hydrogens (tertiary/aromatic N) is 2. The second-order valence-electron chi connectivity index (χ2n) is 8.63. The smallest absolute Gasteiger partial charge is 0.161 e. The van der Waals surface area contributed by atoms with E-state index in [0.29, 0.717) is 18.1 Å². The molecule has 3 aromatic carbocycles. The molecule has 3 aromatic rings. The van der Waals surface area contributed by atoms with E-state index >= 15 is 0 Å². The van der Waals surface area contributed by atoms with Crippen molar-refractivity contribution in [2.75, 3.05) is 16.3 Å². The molecule has 0 radical (unpaired) electrons. The lowest BCUT2D eigenvalue weighted by molar-refractivity contribution is -0.122. The molecule has 0 N–H and O–H groups in total. The van der Waals surface area contributed by atoms with Gasteiger partial charge in [-0.1, -0.05) is 59.1 Å². The minimum absolute atomic E-state index is 0.146. The Hall–Kier alpha value is -2.78. The molecule has 0 fully saturated rings. The Balaban J connectivity index is 1.82. The summed E-state index contributed by atoms with van der Waals surface area (Å²) >= 11 is 6.20. The first-order valence-electron chi connectivity index (χ1n) is 10.4. The number of hydrogen-bond acceptors (Lipinski definition) is 3. The summed E-state index contributed by atoms with van der Waals surface area (Å²) in [6, 6.07) is 21.0. The maximum atomic E-state index is 13.5. The van der Waals surface area contributed by atoms with Crippen LogP contribution in [0.3, 0.4) is 0 Å². The van der Waals surface area contributed by atoms with E-state index in [2.05, 4.69) is 60.0 Å². The van der Waals surface area contributed by atoms with E-state index in [1.54, 1.807) is 6.92 Å². The van der Waals surface area contributed by atoms with E-state index in [-0.39, 0.29) is 5.78 Å². The predicted octanol–water partition coefficient (Wildman–Crippen LogP) is 5.78. The molecule has 0 spiro atoms. The Morgan fingerprint density at radius 1 is 0.867 bits per heavy atom. The highest BCUT2D eigenvalue weighted by Gasteiger charge is 2.49. The number of aryl methyl sites for hydroxylation is 2. The standard InChI is InChI=1S/C26H25ClN2O/c1-17-4-10-24-21(13-17)15-29-25-11-5-18(2)12-20(25)14-28(24)16-26(29,19(3)30)22-6-8-23(27)9-7-22/h4-13H,14-16H2,1-3H3/t26-/m1/s1. The highest BCUT2D eigenvalue weighted by Crippen LogP contribution is 2.46. The van der Waals surface area contributed by atoms with Gasteiger partial charge >= 0.3 is 0 Å². The molecule has 5 rings (SSSR count). The van der Waals surface area contributed by atoms with E-state index in [1.165, 1.54) is 27.9 Å². The van der Waals surface area contributed by atoms with E-state index in [9.17, 15) is 4.79 Å². The molecule has 4 heteroatoms. The first kappa shape index (κ1) is 19.2. The van der Waals surface area contributed by atoms with Crippen LogP contribution in [0.25, 0.3) is 0 Å². The van der Waals surface area contributed by atoms with E-state index < -0.39 is 5.54 Å². The topological polar surface area (TPSA) is 23.6 Å². The summed E-state index contributed by atoms with van der Waals surface area (Å²) in [4.78, 5) is 18.2. The fourth-order valence-electron chi connectivity index (χ4n) is 5.12. The van der Waals surface area contributed by atoms with Crippen LogP contribution in [-0.2, 0) is 23.4 Å². The fourth-order valence-corrected chi connectivity index (χ4v) is 5.25. The summed E-state index contributed by atoms with van der Waals surface area (Å²) < 4.78 is 0. The number of rotatable bonds is 2. The van der Waals surface area contributed by atoms with E-state index in [1.807, 2.05) is 24.3 Å². The van der Waals surface area contributed by atoms with Crippen molar-refractivity contribution in [2.45, 2.75) is 39.4 Å². The molecule has 0 saturated carbocycles. The molecule has 0 aromatic heterocycles. The Morgan fingerprint density at radius 2 is 1.47 bits per heavy atom. The number of fused-ring (bicyclic) bond motifs is 7. The Morgan fingerprint density at radius 3 is 2.10 bits per heavy atom. The second kappa shape index (κ2) is 6.88. The third-order valence-electron chi connectivity index (χ3n) is 6.58. The van der Waals surface area contributed by atoms with Gasteiger partial charge in [0.05, 0.1) is 6.54 Å². The molecule has 1 atom stereocenters. The summed E-state index contributed by atoms with van der Waals surface area (Å²) in [5, 5.41) is 0.680. The largest absolute Gasteiger partial charge is 0.364 e. The maximum Gasteiger partial charge on any atom is 0.161 e. The quantitative estimate of drug-likeness (QED) is 0.529. The minimum Gasteiger partial charge on any atom is -0.364 e. The van der Waals surface area contributed by atoms with Crippen LogP contribution < -0.4 is 9.80 Å². The Bertz CT molecular complexity index is 1150. The van der Waals surface area contributed by atoms with Crippen LogP contribution in [0.5, 0.6) is 0 Å². The zero-order chi connectivity index (χ0) is 21.0. The van der Waals surface area contributed by atoms with Gasteiger partial charge in [-0.05, 0) is 61.7 Å². The van der Waals surface area contributed by atoms with E-state index in [0.717, 1.165) is 17.8 Å². The monoisotopic (exact) mass is 416 g/mol. The van der Waals surface area contributed by atoms with Gasteiger partial charge in [0.25, 0.3) is 0 Å². The number of halogens is 1. The van der Waals surface area contributed by atoms with Crippen LogP contribution in [0.4, 0.5) is 11.4 Å². The summed E-state index contributed by atoms with van der Waals surface area (Å²) in [7, 11) is 0. The fraction of sp³-hybridized carbons (Fsp3) is 0.269. The Kier molecular flexibility index (Phi) is 4.41. The number of benzene rings is 3. The van der Waals surface area contributed by atoms with Gasteiger partial charge in [-0.15, -0.1) is 0 Å². The van der Waals surface area contributed by atoms with E-state index in [4.69, 9.17) is 11.6 Å². The lowest BCUT2D eigenvalue weighted by atomic mass is 9.83. The number of carbonyl (C=O) groups is 1. The average molecular weight is 417 g/mol. The first-order chi connectivity index (χ1) is 14.4. The highest BCUT2D eigenvalue weighted by molar-refractivity contribution is 6.30. The van der Waals surface area contributed by atoms with Crippen molar-refractivity contribution in [1.29, 1.82) is 0 Å². The SMILES string of the molecule is CC(=O)[C@@]1(c2ccc(Cl)cc2)CN2Cc3cc(C)ccc3N1Cc1cc(C)ccc12. The van der Waals surface area contributed by atoms with Crippen LogP contribution in [0, 0.1) is 13.8 Å². The summed E-state index contributed by atoms with van der Waals surface area (Å²) in [5.41, 5.74) is 7.56. The zero-order valence-corrected chi connectivity index (χ0v) is 18.3. The molecule has 2 aliphatic rings. The van der Waals surface area contributed by atoms with Crippen LogP contribution in [-0.4, -0.2) is 12.3 Å². The number of anilines is 2. The molecular formula is C26H25ClN2O. The molecule has 2 heterocycles. The van der Waals surface area contributed by atoms with Crippen molar-refractivity contribution >= 4 is 28.8 Å². The van der Waals surface area contributed by atoms with Crippen molar-refractivity contribution in [2.24, 2.45) is 0 Å². The van der Waals surface area contributed by atoms with Gasteiger partial charge < -0.3 is 9.80 Å². The lowest BCUT2D eigenvalue weighted by Gasteiger charge is -2.43. The minimum atomic E-state index is -0.780. The number of hydrogen-bond donors (Lipinski definition) is 0. The van der Waals surface area contributed by atoms with Crippen LogP contribution in [0.2, 0.25) is 5.02 Å². The van der Waals surface area contributed by atoms with Crippen LogP contribution >= 0.6 is 11.6 Å². The normalized spacial score (nSPS) is 19.7. The molecule has 0 unspecified atom stereocenters. The molecule has 0 amide bonds. The third-order valence-corrected chi connectivity index (χ3v) is 6.83. The van der Waals surface area contributed by atoms with Crippen molar-refractivity contribution in [3.8, 4) is 0 Å². The molecule has 3 nitrogen and oxygen atoms in total. The van der Waals surface area contributed by atoms with Gasteiger partial charge in [0.2, 0.25) is 0 Å². The van der Waals surface area contributed by atoms with Gasteiger partial charge in [-0.2, -0.15) is 0 Å². The van der Waals surface area contributed by atoms with Crippen LogP contribution in [0.15, 0.2) is 60.7 Å². The zero-order valence-electron chi connectivity index (χ0n) is 17.6. The van der Waals surface area contributed by atoms with Crippen molar-refractivity contribution in [1.82, 2.24) is 0 Å². The first-order valence-corrected chi connectivity index (χ1v) is 10.7. The lowest BCUT2D eigenvalue weighted by Crippen LogP contribution is -2.55. The van der Waals surface area contributed by atoms with Gasteiger partial charge in [-0.3, -0.25) is 4.79 Å². The second-order valence-corrected chi connectivity index (χ2v) is 9.07. The summed E-state index contributed by atoms with van der Waals surface area (Å²) in [6.45, 7) is 8.05. The molecule has 2 aliphatic heterocycles. The maximum absolute atomic E-state index is 13.5. The number of Topliss-reactive ketones (excluding diaryl/α,β-unsaturated/α-hetero) is 1. The number of ketones is 1. The third kappa shape index (κ3) is 2.84. The number of carbonyl (C=O) groups excluding carboxylic acids is 1. The molecule has 2 bridgehead atoms. The average Bonchev–Trinajstić information content (AvgIpc) is 2.92. The Labute approximate surface area is 182 Å². The van der Waals surface area contributed by atoms with Crippen molar-refractivity contribution < 1.29 is 4.79 Å². The summed E-state index contributed by atoms with van der Waals surface area (Å²) in [5.74, 6) is 0.146. The van der Waals surface area contributed by atoms with Crippen molar-refractivity contribution in [3.63, 3.8) is 0 Å². The van der Waals surface area contributed by atoms with Crippen molar-refractivity contribution in [3.05, 3.63) is 93.5 Å². The van der Waals surface area contributed by atoms with Gasteiger partial charge in [0.15, 0.2) is 5.78 Å².